The summed E-state index contributed by atoms with van der Waals surface area (Å²) in [5.41, 5.74) is 2.25. The van der Waals surface area contributed by atoms with Crippen LogP contribution in [0.15, 0.2) is 36.4 Å². The van der Waals surface area contributed by atoms with E-state index in [1.165, 1.54) is 12.1 Å². The van der Waals surface area contributed by atoms with Gasteiger partial charge >= 0.3 is 0 Å². The van der Waals surface area contributed by atoms with Crippen molar-refractivity contribution < 1.29 is 13.9 Å². The number of carbonyl (C=O) groups is 1. The number of ketones is 1. The normalized spacial score (nSPS) is 12.9. The summed E-state index contributed by atoms with van der Waals surface area (Å²) in [4.78, 5) is 12.4. The molecule has 0 atom stereocenters. The topological polar surface area (TPSA) is 26.3 Å². The van der Waals surface area contributed by atoms with Crippen molar-refractivity contribution in [2.75, 3.05) is 6.61 Å². The van der Waals surface area contributed by atoms with Crippen LogP contribution in [0.2, 0.25) is 5.02 Å². The van der Waals surface area contributed by atoms with Crippen molar-refractivity contribution in [3.05, 3.63) is 63.9 Å². The van der Waals surface area contributed by atoms with E-state index in [-0.39, 0.29) is 18.0 Å². The molecule has 0 spiro atoms. The monoisotopic (exact) mass is 290 g/mol. The number of hydrogen-bond donors (Lipinski definition) is 0. The molecule has 0 bridgehead atoms. The fourth-order valence-corrected chi connectivity index (χ4v) is 2.60. The molecular weight excluding hydrogens is 279 g/mol. The third kappa shape index (κ3) is 2.54. The zero-order valence-corrected chi connectivity index (χ0v) is 11.4. The van der Waals surface area contributed by atoms with Gasteiger partial charge in [-0.1, -0.05) is 23.7 Å². The lowest BCUT2D eigenvalue weighted by atomic mass is 10.00. The molecule has 0 unspecified atom stereocenters. The van der Waals surface area contributed by atoms with Crippen LogP contribution in [-0.4, -0.2) is 12.4 Å². The minimum Gasteiger partial charge on any atom is -0.492 e. The molecule has 0 saturated heterocycles. The lowest BCUT2D eigenvalue weighted by Crippen LogP contribution is -2.06. The van der Waals surface area contributed by atoms with Gasteiger partial charge in [0.25, 0.3) is 0 Å². The summed E-state index contributed by atoms with van der Waals surface area (Å²) in [7, 11) is 0. The molecule has 0 aliphatic carbocycles. The second-order valence-electron chi connectivity index (χ2n) is 4.77. The van der Waals surface area contributed by atoms with Gasteiger partial charge in [0.05, 0.1) is 12.2 Å². The van der Waals surface area contributed by atoms with E-state index in [4.69, 9.17) is 16.3 Å². The molecule has 20 heavy (non-hydrogen) atoms. The SMILES string of the molecule is O=C(Cc1ccc(F)cc1)c1cc(Cl)cc2c1OCC2. The summed E-state index contributed by atoms with van der Waals surface area (Å²) in [6.07, 6.45) is 0.975. The van der Waals surface area contributed by atoms with Crippen LogP contribution in [0.1, 0.15) is 21.5 Å². The Bertz CT molecular complexity index is 665. The third-order valence-electron chi connectivity index (χ3n) is 3.33. The van der Waals surface area contributed by atoms with Gasteiger partial charge in [0.2, 0.25) is 0 Å². The van der Waals surface area contributed by atoms with Gasteiger partial charge in [-0.25, -0.2) is 4.39 Å². The zero-order valence-electron chi connectivity index (χ0n) is 10.7. The molecular formula is C16H12ClFO2. The van der Waals surface area contributed by atoms with Crippen LogP contribution < -0.4 is 4.74 Å². The third-order valence-corrected chi connectivity index (χ3v) is 3.54. The molecule has 1 aliphatic heterocycles. The molecule has 0 aromatic heterocycles. The predicted octanol–water partition coefficient (Wildman–Crippen LogP) is 3.84. The summed E-state index contributed by atoms with van der Waals surface area (Å²) in [5, 5.41) is 0.539. The molecule has 0 radical (unpaired) electrons. The maximum Gasteiger partial charge on any atom is 0.171 e. The first-order valence-corrected chi connectivity index (χ1v) is 6.74. The van der Waals surface area contributed by atoms with E-state index >= 15 is 0 Å². The summed E-state index contributed by atoms with van der Waals surface area (Å²) in [6, 6.07) is 9.39. The Balaban J connectivity index is 1.89. The molecule has 3 rings (SSSR count). The van der Waals surface area contributed by atoms with Crippen molar-refractivity contribution in [1.82, 2.24) is 0 Å². The molecule has 4 heteroatoms. The summed E-state index contributed by atoms with van der Waals surface area (Å²) in [5.74, 6) is 0.256. The fourth-order valence-electron chi connectivity index (χ4n) is 2.36. The van der Waals surface area contributed by atoms with E-state index in [1.807, 2.05) is 6.07 Å². The molecule has 0 fully saturated rings. The van der Waals surface area contributed by atoms with Crippen molar-refractivity contribution in [3.63, 3.8) is 0 Å². The van der Waals surface area contributed by atoms with Gasteiger partial charge in [0.15, 0.2) is 5.78 Å². The van der Waals surface area contributed by atoms with E-state index in [2.05, 4.69) is 0 Å². The molecule has 0 amide bonds. The van der Waals surface area contributed by atoms with Gasteiger partial charge in [-0.3, -0.25) is 4.79 Å². The van der Waals surface area contributed by atoms with Gasteiger partial charge in [0.1, 0.15) is 11.6 Å². The number of carbonyl (C=O) groups excluding carboxylic acids is 1. The predicted molar refractivity (Wildman–Crippen MR) is 75.1 cm³/mol. The number of ether oxygens (including phenoxy) is 1. The quantitative estimate of drug-likeness (QED) is 0.803. The number of Topliss-reactive ketones (excluding diaryl/α,β-unsaturated/α-hetero) is 1. The first kappa shape index (κ1) is 13.1. The Morgan fingerprint density at radius 3 is 2.75 bits per heavy atom. The molecule has 102 valence electrons. The van der Waals surface area contributed by atoms with Crippen molar-refractivity contribution in [1.29, 1.82) is 0 Å². The molecule has 2 aromatic rings. The van der Waals surface area contributed by atoms with E-state index in [0.717, 1.165) is 17.5 Å². The van der Waals surface area contributed by atoms with Crippen LogP contribution in [0, 0.1) is 5.82 Å². The molecule has 1 heterocycles. The molecule has 2 aromatic carbocycles. The number of halogens is 2. The lowest BCUT2D eigenvalue weighted by Gasteiger charge is -2.08. The zero-order chi connectivity index (χ0) is 14.1. The van der Waals surface area contributed by atoms with E-state index in [9.17, 15) is 9.18 Å². The Kier molecular flexibility index (Phi) is 3.45. The molecule has 0 saturated carbocycles. The van der Waals surface area contributed by atoms with Gasteiger partial charge in [-0.05, 0) is 35.4 Å². The van der Waals surface area contributed by atoms with Crippen molar-refractivity contribution in [2.24, 2.45) is 0 Å². The lowest BCUT2D eigenvalue weighted by molar-refractivity contribution is 0.0990. The van der Waals surface area contributed by atoms with Crippen LogP contribution in [0.25, 0.3) is 0 Å². The maximum atomic E-state index is 12.9. The molecule has 2 nitrogen and oxygen atoms in total. The number of hydrogen-bond acceptors (Lipinski definition) is 2. The van der Waals surface area contributed by atoms with Crippen LogP contribution in [0.5, 0.6) is 5.75 Å². The average molecular weight is 291 g/mol. The van der Waals surface area contributed by atoms with E-state index < -0.39 is 0 Å². The highest BCUT2D eigenvalue weighted by atomic mass is 35.5. The Hall–Kier alpha value is -1.87. The minimum atomic E-state index is -0.312. The Morgan fingerprint density at radius 1 is 1.25 bits per heavy atom. The first-order chi connectivity index (χ1) is 9.63. The largest absolute Gasteiger partial charge is 0.492 e. The first-order valence-electron chi connectivity index (χ1n) is 6.36. The van der Waals surface area contributed by atoms with Gasteiger partial charge in [0, 0.05) is 17.9 Å². The average Bonchev–Trinajstić information content (AvgIpc) is 2.88. The Labute approximate surface area is 121 Å². The van der Waals surface area contributed by atoms with Crippen molar-refractivity contribution in [3.8, 4) is 5.75 Å². The number of fused-ring (bicyclic) bond motifs is 1. The smallest absolute Gasteiger partial charge is 0.171 e. The highest BCUT2D eigenvalue weighted by Crippen LogP contribution is 2.33. The van der Waals surface area contributed by atoms with Gasteiger partial charge in [-0.15, -0.1) is 0 Å². The summed E-state index contributed by atoms with van der Waals surface area (Å²) >= 11 is 6.04. The van der Waals surface area contributed by atoms with E-state index in [1.54, 1.807) is 18.2 Å². The standard InChI is InChI=1S/C16H12ClFO2/c17-12-8-11-5-6-20-16(11)14(9-12)15(19)7-10-1-3-13(18)4-2-10/h1-4,8-9H,5-7H2. The second kappa shape index (κ2) is 5.25. The van der Waals surface area contributed by atoms with Crippen LogP contribution in [0.4, 0.5) is 4.39 Å². The molecule has 1 aliphatic rings. The van der Waals surface area contributed by atoms with Crippen LogP contribution >= 0.6 is 11.6 Å². The van der Waals surface area contributed by atoms with Crippen LogP contribution in [-0.2, 0) is 12.8 Å². The highest BCUT2D eigenvalue weighted by Gasteiger charge is 2.22. The number of benzene rings is 2. The van der Waals surface area contributed by atoms with Gasteiger partial charge in [-0.2, -0.15) is 0 Å². The molecule has 0 N–H and O–H groups in total. The second-order valence-corrected chi connectivity index (χ2v) is 5.20. The number of rotatable bonds is 3. The maximum absolute atomic E-state index is 12.9. The van der Waals surface area contributed by atoms with E-state index in [0.29, 0.717) is 22.9 Å². The van der Waals surface area contributed by atoms with Gasteiger partial charge < -0.3 is 4.74 Å². The van der Waals surface area contributed by atoms with Crippen molar-refractivity contribution >= 4 is 17.4 Å². The highest BCUT2D eigenvalue weighted by molar-refractivity contribution is 6.31. The minimum absolute atomic E-state index is 0.0720. The van der Waals surface area contributed by atoms with Crippen molar-refractivity contribution in [2.45, 2.75) is 12.8 Å². The van der Waals surface area contributed by atoms with Crippen LogP contribution in [0.3, 0.4) is 0 Å². The fraction of sp³-hybridized carbons (Fsp3) is 0.188. The Morgan fingerprint density at radius 2 is 2.00 bits per heavy atom. The summed E-state index contributed by atoms with van der Waals surface area (Å²) in [6.45, 7) is 0.576. The summed E-state index contributed by atoms with van der Waals surface area (Å²) < 4.78 is 18.4.